The molecule has 0 saturated carbocycles. The highest BCUT2D eigenvalue weighted by Gasteiger charge is 2.45. The van der Waals surface area contributed by atoms with Crippen LogP contribution in [0.2, 0.25) is 0 Å². The van der Waals surface area contributed by atoms with Crippen LogP contribution in [0.1, 0.15) is 40.9 Å². The Kier molecular flexibility index (Phi) is 9.19. The molecule has 13 heteroatoms. The van der Waals surface area contributed by atoms with Gasteiger partial charge >= 0.3 is 23.5 Å². The number of carbonyl (C=O) groups excluding carboxylic acids is 2. The molecule has 0 N–H and O–H groups in total. The average Bonchev–Trinajstić information content (AvgIpc) is 2.89. The lowest BCUT2D eigenvalue weighted by atomic mass is 10.1. The van der Waals surface area contributed by atoms with Crippen LogP contribution in [0.25, 0.3) is 0 Å². The molecule has 2 aromatic carbocycles. The molecular weight excluding hydrogens is 512 g/mol. The van der Waals surface area contributed by atoms with Crippen molar-refractivity contribution in [1.82, 2.24) is 5.06 Å². The van der Waals surface area contributed by atoms with Crippen molar-refractivity contribution in [2.24, 2.45) is 4.99 Å². The van der Waals surface area contributed by atoms with E-state index in [1.807, 2.05) is 6.07 Å². The predicted molar refractivity (Wildman–Crippen MR) is 135 cm³/mol. The molecule has 0 amide bonds. The largest absolute Gasteiger partial charge is 0.462 e. The van der Waals surface area contributed by atoms with Crippen molar-refractivity contribution in [2.45, 2.75) is 34.0 Å². The highest BCUT2D eigenvalue weighted by atomic mass is 16.7. The maximum Gasteiger partial charge on any atom is 0.364 e. The molecule has 0 spiro atoms. The van der Waals surface area contributed by atoms with Gasteiger partial charge in [-0.2, -0.15) is 10.3 Å². The van der Waals surface area contributed by atoms with Crippen molar-refractivity contribution < 1.29 is 38.3 Å². The van der Waals surface area contributed by atoms with E-state index in [0.29, 0.717) is 11.1 Å². The molecule has 0 bridgehead atoms. The number of aliphatic imine (C=N–C) groups is 1. The van der Waals surface area contributed by atoms with Gasteiger partial charge in [0.2, 0.25) is 5.71 Å². The number of hydrogen-bond acceptors (Lipinski definition) is 12. The van der Waals surface area contributed by atoms with Crippen LogP contribution in [0.15, 0.2) is 53.0 Å². The molecule has 1 aliphatic heterocycles. The van der Waals surface area contributed by atoms with Gasteiger partial charge < -0.3 is 18.9 Å². The SMILES string of the molecule is CCOC(=O)C1=NC(Oc2cc(C#N)ccc2C)N(OC)C(Oc2cc(C)cc(C(=O)OCC)c2)=C1[N+](=O)[O-]. The minimum Gasteiger partial charge on any atom is -0.462 e. The second-order valence-corrected chi connectivity index (χ2v) is 8.01. The first-order valence-electron chi connectivity index (χ1n) is 11.7. The van der Waals surface area contributed by atoms with Crippen LogP contribution in [0.5, 0.6) is 11.5 Å². The summed E-state index contributed by atoms with van der Waals surface area (Å²) in [4.78, 5) is 45.9. The smallest absolute Gasteiger partial charge is 0.364 e. The van der Waals surface area contributed by atoms with E-state index in [2.05, 4.69) is 4.99 Å². The first kappa shape index (κ1) is 28.6. The number of aryl methyl sites for hydroxylation is 2. The number of hydrogen-bond donors (Lipinski definition) is 0. The average molecular weight is 539 g/mol. The summed E-state index contributed by atoms with van der Waals surface area (Å²) < 4.78 is 21.9. The number of carbonyl (C=O) groups is 2. The second kappa shape index (κ2) is 12.5. The molecule has 39 heavy (non-hydrogen) atoms. The van der Waals surface area contributed by atoms with Crippen LogP contribution in [-0.2, 0) is 19.1 Å². The number of esters is 2. The fourth-order valence-corrected chi connectivity index (χ4v) is 3.54. The Morgan fingerprint density at radius 1 is 1.10 bits per heavy atom. The Bertz CT molecular complexity index is 1390. The van der Waals surface area contributed by atoms with Crippen LogP contribution in [0, 0.1) is 35.3 Å². The van der Waals surface area contributed by atoms with E-state index in [-0.39, 0.29) is 35.8 Å². The molecule has 0 aromatic heterocycles. The molecule has 1 aliphatic rings. The molecule has 0 fully saturated rings. The van der Waals surface area contributed by atoms with Gasteiger partial charge in [0, 0.05) is 0 Å². The minimum atomic E-state index is -1.50. The van der Waals surface area contributed by atoms with Crippen LogP contribution in [0.4, 0.5) is 0 Å². The van der Waals surface area contributed by atoms with E-state index in [1.165, 1.54) is 32.2 Å². The Balaban J connectivity index is 2.17. The normalized spacial score (nSPS) is 14.7. The molecule has 3 rings (SSSR count). The van der Waals surface area contributed by atoms with Gasteiger partial charge in [0.15, 0.2) is 0 Å². The van der Waals surface area contributed by atoms with Crippen LogP contribution < -0.4 is 9.47 Å². The summed E-state index contributed by atoms with van der Waals surface area (Å²) in [6.07, 6.45) is -1.50. The Labute approximate surface area is 223 Å². The fraction of sp³-hybridized carbons (Fsp3) is 0.308. The monoisotopic (exact) mass is 538 g/mol. The zero-order valence-electron chi connectivity index (χ0n) is 21.9. The highest BCUT2D eigenvalue weighted by molar-refractivity contribution is 6.42. The van der Waals surface area contributed by atoms with E-state index in [9.17, 15) is 25.0 Å². The molecule has 0 radical (unpaired) electrons. The lowest BCUT2D eigenvalue weighted by Gasteiger charge is -2.32. The summed E-state index contributed by atoms with van der Waals surface area (Å²) in [6, 6.07) is 11.1. The quantitative estimate of drug-likeness (QED) is 0.247. The van der Waals surface area contributed by atoms with Crippen LogP contribution in [-0.4, -0.2) is 54.3 Å². The third kappa shape index (κ3) is 6.49. The van der Waals surface area contributed by atoms with Crippen molar-refractivity contribution in [2.75, 3.05) is 20.3 Å². The Morgan fingerprint density at radius 2 is 1.79 bits per heavy atom. The van der Waals surface area contributed by atoms with E-state index in [1.54, 1.807) is 39.0 Å². The van der Waals surface area contributed by atoms with Gasteiger partial charge in [0.05, 0.1) is 42.4 Å². The van der Waals surface area contributed by atoms with Gasteiger partial charge in [0.25, 0.3) is 6.35 Å². The molecule has 204 valence electrons. The fourth-order valence-electron chi connectivity index (χ4n) is 3.54. The number of benzene rings is 2. The van der Waals surface area contributed by atoms with Gasteiger partial charge in [-0.1, -0.05) is 6.07 Å². The lowest BCUT2D eigenvalue weighted by molar-refractivity contribution is -0.422. The second-order valence-electron chi connectivity index (χ2n) is 8.01. The number of nitro groups is 1. The summed E-state index contributed by atoms with van der Waals surface area (Å²) in [5, 5.41) is 22.3. The maximum atomic E-state index is 12.8. The number of nitriles is 1. The van der Waals surface area contributed by atoms with Gasteiger partial charge in [0.1, 0.15) is 11.5 Å². The third-order valence-electron chi connectivity index (χ3n) is 5.24. The molecular formula is C26H26N4O9. The van der Waals surface area contributed by atoms with Crippen molar-refractivity contribution in [3.8, 4) is 17.6 Å². The van der Waals surface area contributed by atoms with Crippen molar-refractivity contribution in [3.05, 3.63) is 80.3 Å². The standard InChI is InChI=1S/C26H26N4O9/c1-6-36-24(31)18-10-15(3)11-19(13-18)38-23-22(30(33)34)21(25(32)37-7-2)28-26(29(23)35-5)39-20-12-17(14-27)9-8-16(20)4/h8-13,26H,6-7H2,1-5H3. The summed E-state index contributed by atoms with van der Waals surface area (Å²) in [7, 11) is 1.20. The maximum absolute atomic E-state index is 12.8. The Hall–Kier alpha value is -4.96. The number of rotatable bonds is 10. The van der Waals surface area contributed by atoms with Gasteiger partial charge in [-0.3, -0.25) is 15.0 Å². The lowest BCUT2D eigenvalue weighted by Crippen LogP contribution is -2.46. The zero-order chi connectivity index (χ0) is 28.7. The molecule has 2 aromatic rings. The van der Waals surface area contributed by atoms with E-state index in [0.717, 1.165) is 5.06 Å². The van der Waals surface area contributed by atoms with Gasteiger partial charge in [-0.05, 0) is 69.2 Å². The summed E-state index contributed by atoms with van der Waals surface area (Å²) in [5.41, 5.74) is 0.108. The first-order valence-corrected chi connectivity index (χ1v) is 11.7. The third-order valence-corrected chi connectivity index (χ3v) is 5.24. The summed E-state index contributed by atoms with van der Waals surface area (Å²) in [5.74, 6) is -2.05. The van der Waals surface area contributed by atoms with Gasteiger partial charge in [-0.25, -0.2) is 14.6 Å². The number of ether oxygens (including phenoxy) is 4. The number of nitrogens with zero attached hydrogens (tertiary/aromatic N) is 4. The Morgan fingerprint density at radius 3 is 2.41 bits per heavy atom. The first-order chi connectivity index (χ1) is 18.6. The number of hydroxylamine groups is 2. The van der Waals surface area contributed by atoms with E-state index >= 15 is 0 Å². The molecule has 1 atom stereocenters. The van der Waals surface area contributed by atoms with E-state index in [4.69, 9.17) is 23.8 Å². The molecule has 13 nitrogen and oxygen atoms in total. The summed E-state index contributed by atoms with van der Waals surface area (Å²) in [6.45, 7) is 6.65. The molecule has 0 saturated heterocycles. The predicted octanol–water partition coefficient (Wildman–Crippen LogP) is 3.42. The topological polar surface area (TPSA) is 163 Å². The van der Waals surface area contributed by atoms with Crippen molar-refractivity contribution in [3.63, 3.8) is 0 Å². The van der Waals surface area contributed by atoms with E-state index < -0.39 is 40.5 Å². The molecule has 1 unspecified atom stereocenters. The molecule has 1 heterocycles. The zero-order valence-corrected chi connectivity index (χ0v) is 21.9. The van der Waals surface area contributed by atoms with Crippen LogP contribution in [0.3, 0.4) is 0 Å². The molecule has 0 aliphatic carbocycles. The summed E-state index contributed by atoms with van der Waals surface area (Å²) >= 11 is 0. The minimum absolute atomic E-state index is 0.0148. The highest BCUT2D eigenvalue weighted by Crippen LogP contribution is 2.31. The van der Waals surface area contributed by atoms with Crippen molar-refractivity contribution >= 4 is 17.7 Å². The van der Waals surface area contributed by atoms with Crippen molar-refractivity contribution in [1.29, 1.82) is 5.26 Å². The van der Waals surface area contributed by atoms with Crippen LogP contribution >= 0.6 is 0 Å². The van der Waals surface area contributed by atoms with Gasteiger partial charge in [-0.15, -0.1) is 0 Å².